The van der Waals surface area contributed by atoms with E-state index in [4.69, 9.17) is 0 Å². The lowest BCUT2D eigenvalue weighted by molar-refractivity contribution is -0.136. The van der Waals surface area contributed by atoms with Gasteiger partial charge in [-0.25, -0.2) is 0 Å². The molecule has 38 heavy (non-hydrogen) atoms. The zero-order valence-corrected chi connectivity index (χ0v) is 21.4. The number of nitriles is 1. The molecule has 196 valence electrons. The van der Waals surface area contributed by atoms with E-state index in [0.29, 0.717) is 23.0 Å². The van der Waals surface area contributed by atoms with E-state index >= 15 is 0 Å². The fourth-order valence-electron chi connectivity index (χ4n) is 6.56. The van der Waals surface area contributed by atoms with Gasteiger partial charge in [0.2, 0.25) is 0 Å². The molecule has 1 aliphatic heterocycles. The van der Waals surface area contributed by atoms with E-state index in [2.05, 4.69) is 38.7 Å². The van der Waals surface area contributed by atoms with E-state index in [-0.39, 0.29) is 5.39 Å². The Morgan fingerprint density at radius 3 is 2.42 bits per heavy atom. The largest absolute Gasteiger partial charge is 0.417 e. The van der Waals surface area contributed by atoms with Crippen molar-refractivity contribution in [2.45, 2.75) is 43.8 Å². The molecular weight excluding hydrogens is 487 g/mol. The maximum absolute atomic E-state index is 13.5. The van der Waals surface area contributed by atoms with Crippen molar-refractivity contribution < 1.29 is 13.2 Å². The Kier molecular flexibility index (Phi) is 6.27. The Labute approximate surface area is 220 Å². The van der Waals surface area contributed by atoms with E-state index in [1.807, 2.05) is 18.2 Å². The van der Waals surface area contributed by atoms with Crippen molar-refractivity contribution in [1.29, 1.82) is 5.26 Å². The van der Waals surface area contributed by atoms with Crippen molar-refractivity contribution in [1.82, 2.24) is 14.5 Å². The minimum Gasteiger partial charge on any atom is -0.367 e. The first-order valence-corrected chi connectivity index (χ1v) is 13.3. The predicted octanol–water partition coefficient (Wildman–Crippen LogP) is 6.47. The molecule has 8 heteroatoms. The van der Waals surface area contributed by atoms with Gasteiger partial charge in [-0.05, 0) is 73.6 Å². The topological polar surface area (TPSA) is 48.1 Å². The molecule has 0 atom stereocenters. The molecule has 0 radical (unpaired) electrons. The summed E-state index contributed by atoms with van der Waals surface area (Å²) in [5, 5.41) is 10.7. The molecule has 1 aliphatic carbocycles. The molecule has 1 saturated heterocycles. The highest BCUT2D eigenvalue weighted by molar-refractivity contribution is 5.93. The summed E-state index contributed by atoms with van der Waals surface area (Å²) in [7, 11) is 2.07. The number of piperazine rings is 1. The zero-order chi connectivity index (χ0) is 26.4. The number of halogens is 3. The van der Waals surface area contributed by atoms with Crippen LogP contribution in [0.4, 0.5) is 18.9 Å². The normalized spacial score (nSPS) is 21.2. The highest BCUT2D eigenvalue weighted by atomic mass is 19.4. The van der Waals surface area contributed by atoms with Crippen LogP contribution in [0.15, 0.2) is 54.9 Å². The zero-order valence-electron chi connectivity index (χ0n) is 21.4. The smallest absolute Gasteiger partial charge is 0.367 e. The highest BCUT2D eigenvalue weighted by Gasteiger charge is 2.34. The first-order chi connectivity index (χ1) is 18.3. The van der Waals surface area contributed by atoms with E-state index in [9.17, 15) is 18.4 Å². The molecule has 2 aliphatic rings. The van der Waals surface area contributed by atoms with Crippen molar-refractivity contribution in [2.75, 3.05) is 31.1 Å². The van der Waals surface area contributed by atoms with Crippen molar-refractivity contribution >= 4 is 27.5 Å². The van der Waals surface area contributed by atoms with Crippen LogP contribution in [0, 0.1) is 11.3 Å². The van der Waals surface area contributed by atoms with Crippen LogP contribution in [-0.4, -0.2) is 46.7 Å². The Morgan fingerprint density at radius 1 is 0.947 bits per heavy atom. The molecular formula is C30H30F3N5. The molecule has 2 aromatic carbocycles. The first kappa shape index (κ1) is 24.7. The van der Waals surface area contributed by atoms with Gasteiger partial charge in [-0.15, -0.1) is 0 Å². The van der Waals surface area contributed by atoms with Crippen LogP contribution < -0.4 is 4.90 Å². The highest BCUT2D eigenvalue weighted by Crippen LogP contribution is 2.40. The summed E-state index contributed by atoms with van der Waals surface area (Å²) in [6.07, 6.45) is 3.90. The number of fused-ring (bicyclic) bond motifs is 2. The third kappa shape index (κ3) is 4.39. The van der Waals surface area contributed by atoms with Crippen molar-refractivity contribution in [3.05, 3.63) is 71.5 Å². The maximum Gasteiger partial charge on any atom is 0.417 e. The Hall–Kier alpha value is -3.57. The van der Waals surface area contributed by atoms with Gasteiger partial charge in [0, 0.05) is 68.0 Å². The molecule has 0 bridgehead atoms. The Balaban J connectivity index is 1.12. The minimum absolute atomic E-state index is 0.161. The van der Waals surface area contributed by atoms with Gasteiger partial charge >= 0.3 is 6.18 Å². The number of aromatic nitrogens is 2. The fraction of sp³-hybridized carbons (Fsp3) is 0.400. The summed E-state index contributed by atoms with van der Waals surface area (Å²) in [5.41, 5.74) is 3.80. The van der Waals surface area contributed by atoms with Crippen LogP contribution in [0.1, 0.15) is 48.3 Å². The van der Waals surface area contributed by atoms with Crippen LogP contribution in [-0.2, 0) is 13.2 Å². The molecule has 1 saturated carbocycles. The van der Waals surface area contributed by atoms with Gasteiger partial charge in [0.25, 0.3) is 0 Å². The second kappa shape index (κ2) is 9.63. The summed E-state index contributed by atoms with van der Waals surface area (Å²) in [6, 6.07) is 14.6. The molecule has 2 aromatic heterocycles. The Morgan fingerprint density at radius 2 is 1.71 bits per heavy atom. The van der Waals surface area contributed by atoms with Gasteiger partial charge in [-0.2, -0.15) is 18.4 Å². The van der Waals surface area contributed by atoms with Crippen molar-refractivity contribution in [2.24, 2.45) is 7.05 Å². The van der Waals surface area contributed by atoms with Gasteiger partial charge in [0.1, 0.15) is 0 Å². The molecule has 2 fully saturated rings. The second-order valence-electron chi connectivity index (χ2n) is 10.6. The molecule has 0 N–H and O–H groups in total. The monoisotopic (exact) mass is 517 g/mol. The van der Waals surface area contributed by atoms with Gasteiger partial charge in [-0.3, -0.25) is 9.88 Å². The maximum atomic E-state index is 13.5. The molecule has 0 unspecified atom stereocenters. The van der Waals surface area contributed by atoms with E-state index in [1.54, 1.807) is 18.3 Å². The van der Waals surface area contributed by atoms with E-state index in [0.717, 1.165) is 57.5 Å². The summed E-state index contributed by atoms with van der Waals surface area (Å²) < 4.78 is 42.8. The van der Waals surface area contributed by atoms with Gasteiger partial charge in [-0.1, -0.05) is 6.07 Å². The van der Waals surface area contributed by atoms with Crippen LogP contribution in [0.5, 0.6) is 0 Å². The lowest BCUT2D eigenvalue weighted by Crippen LogP contribution is -2.51. The summed E-state index contributed by atoms with van der Waals surface area (Å²) in [5.74, 6) is 0.495. The van der Waals surface area contributed by atoms with Crippen LogP contribution in [0.3, 0.4) is 0 Å². The molecule has 0 spiro atoms. The second-order valence-corrected chi connectivity index (χ2v) is 10.6. The molecule has 6 rings (SSSR count). The van der Waals surface area contributed by atoms with Crippen LogP contribution in [0.25, 0.3) is 21.8 Å². The van der Waals surface area contributed by atoms with Crippen molar-refractivity contribution in [3.63, 3.8) is 0 Å². The lowest BCUT2D eigenvalue weighted by Gasteiger charge is -2.42. The number of aryl methyl sites for hydroxylation is 1. The van der Waals surface area contributed by atoms with Gasteiger partial charge in [0.05, 0.1) is 28.4 Å². The predicted molar refractivity (Wildman–Crippen MR) is 143 cm³/mol. The molecule has 4 aromatic rings. The number of alkyl halides is 3. The average molecular weight is 518 g/mol. The first-order valence-electron chi connectivity index (χ1n) is 13.3. The lowest BCUT2D eigenvalue weighted by atomic mass is 9.81. The number of hydrogen-bond acceptors (Lipinski definition) is 4. The van der Waals surface area contributed by atoms with Crippen molar-refractivity contribution in [3.8, 4) is 6.07 Å². The number of anilines is 1. The fourth-order valence-corrected chi connectivity index (χ4v) is 6.56. The molecule has 0 amide bonds. The average Bonchev–Trinajstić information content (AvgIpc) is 3.27. The third-order valence-electron chi connectivity index (χ3n) is 8.51. The molecule has 5 nitrogen and oxygen atoms in total. The quantitative estimate of drug-likeness (QED) is 0.313. The van der Waals surface area contributed by atoms with Crippen LogP contribution >= 0.6 is 0 Å². The van der Waals surface area contributed by atoms with E-state index < -0.39 is 11.7 Å². The third-order valence-corrected chi connectivity index (χ3v) is 8.51. The van der Waals surface area contributed by atoms with Gasteiger partial charge in [0.15, 0.2) is 0 Å². The van der Waals surface area contributed by atoms with Crippen LogP contribution in [0.2, 0.25) is 0 Å². The van der Waals surface area contributed by atoms with E-state index in [1.165, 1.54) is 28.6 Å². The summed E-state index contributed by atoms with van der Waals surface area (Å²) in [6.45, 7) is 3.34. The molecule has 3 heterocycles. The summed E-state index contributed by atoms with van der Waals surface area (Å²) >= 11 is 0. The number of hydrogen-bond donors (Lipinski definition) is 0. The summed E-state index contributed by atoms with van der Waals surface area (Å²) in [4.78, 5) is 9.08. The number of benzene rings is 2. The SMILES string of the molecule is Cn1cc(C2CCC(N3CCN(c4ccc(C(F)(F)F)c5cccnc45)CC3)CC2)c2cc(C#N)ccc21. The Bertz CT molecular complexity index is 1520. The number of pyridine rings is 1. The minimum atomic E-state index is -4.40. The standard InChI is InChI=1S/C30H30F3N5/c1-36-19-25(24-17-20(18-34)4-10-27(24)36)21-5-7-22(8-6-21)37-13-15-38(16-14-37)28-11-9-26(30(31,32)33)23-3-2-12-35-29(23)28/h2-4,9-12,17,19,21-22H,5-8,13-16H2,1H3. The number of nitrogens with zero attached hydrogens (tertiary/aromatic N) is 5. The number of rotatable bonds is 3. The van der Waals surface area contributed by atoms with Gasteiger partial charge < -0.3 is 9.47 Å².